The summed E-state index contributed by atoms with van der Waals surface area (Å²) in [5, 5.41) is 0. The molecule has 0 aromatic rings. The normalized spacial score (nSPS) is 26.5. The van der Waals surface area contributed by atoms with Crippen LogP contribution < -0.4 is 0 Å². The molecule has 1 nitrogen and oxygen atoms in total. The topological polar surface area (TPSA) is 3.24 Å². The summed E-state index contributed by atoms with van der Waals surface area (Å²) in [6.45, 7) is 13.1. The molecule has 1 fully saturated rings. The zero-order valence-electron chi connectivity index (χ0n) is 10.9. The largest absolute Gasteiger partial charge is 0.302 e. The minimum absolute atomic E-state index is 0.776. The summed E-state index contributed by atoms with van der Waals surface area (Å²) in [7, 11) is 0. The van der Waals surface area contributed by atoms with Crippen LogP contribution >= 0.6 is 0 Å². The fourth-order valence-electron chi connectivity index (χ4n) is 2.64. The van der Waals surface area contributed by atoms with Crippen molar-refractivity contribution in [3.8, 4) is 0 Å². The Kier molecular flexibility index (Phi) is 5.38. The Morgan fingerprint density at radius 1 is 1.40 bits per heavy atom. The van der Waals surface area contributed by atoms with Crippen LogP contribution in [0, 0.1) is 11.8 Å². The molecule has 1 aliphatic rings. The number of hydrogen-bond donors (Lipinski definition) is 0. The summed E-state index contributed by atoms with van der Waals surface area (Å²) in [6.07, 6.45) is 6.27. The van der Waals surface area contributed by atoms with E-state index in [1.165, 1.54) is 38.9 Å². The predicted octanol–water partition coefficient (Wildman–Crippen LogP) is 3.71. The molecule has 0 aromatic heterocycles. The van der Waals surface area contributed by atoms with Crippen molar-refractivity contribution in [3.05, 3.63) is 11.6 Å². The van der Waals surface area contributed by atoms with Crippen LogP contribution in [0.4, 0.5) is 0 Å². The summed E-state index contributed by atoms with van der Waals surface area (Å²) in [5.41, 5.74) is 1.66. The van der Waals surface area contributed by atoms with E-state index in [1.54, 1.807) is 5.57 Å². The van der Waals surface area contributed by atoms with E-state index in [2.05, 4.69) is 38.7 Å². The molecule has 1 rings (SSSR count). The second-order valence-electron chi connectivity index (χ2n) is 4.96. The summed E-state index contributed by atoms with van der Waals surface area (Å²) in [4.78, 5) is 2.66. The van der Waals surface area contributed by atoms with Crippen molar-refractivity contribution < 1.29 is 0 Å². The molecule has 1 aliphatic heterocycles. The smallest absolute Gasteiger partial charge is 0.00446 e. The zero-order valence-corrected chi connectivity index (χ0v) is 10.9. The lowest BCUT2D eigenvalue weighted by Gasteiger charge is -2.35. The Morgan fingerprint density at radius 2 is 2.07 bits per heavy atom. The highest BCUT2D eigenvalue weighted by Crippen LogP contribution is 2.23. The molecule has 1 heterocycles. The number of allylic oxidation sites excluding steroid dienone is 1. The van der Waals surface area contributed by atoms with Crippen LogP contribution in [-0.2, 0) is 0 Å². The summed E-state index contributed by atoms with van der Waals surface area (Å²) in [5.74, 6) is 1.68. The minimum atomic E-state index is 0.776. The van der Waals surface area contributed by atoms with Crippen LogP contribution in [0.1, 0.15) is 47.0 Å². The SMILES string of the molecule is CC=C1CCN(CC(CC)CC)CC1C. The van der Waals surface area contributed by atoms with Crippen molar-refractivity contribution in [2.24, 2.45) is 11.8 Å². The molecule has 15 heavy (non-hydrogen) atoms. The van der Waals surface area contributed by atoms with E-state index in [0.717, 1.165) is 11.8 Å². The second-order valence-corrected chi connectivity index (χ2v) is 4.96. The molecule has 88 valence electrons. The third kappa shape index (κ3) is 3.64. The monoisotopic (exact) mass is 209 g/mol. The van der Waals surface area contributed by atoms with Crippen molar-refractivity contribution in [2.45, 2.75) is 47.0 Å². The molecule has 1 saturated heterocycles. The van der Waals surface area contributed by atoms with E-state index in [9.17, 15) is 0 Å². The molecular formula is C14H27N. The average molecular weight is 209 g/mol. The molecule has 0 N–H and O–H groups in total. The number of nitrogens with zero attached hydrogens (tertiary/aromatic N) is 1. The molecule has 0 aromatic carbocycles. The average Bonchev–Trinajstić information content (AvgIpc) is 2.26. The van der Waals surface area contributed by atoms with E-state index in [1.807, 2.05) is 0 Å². The summed E-state index contributed by atoms with van der Waals surface area (Å²) < 4.78 is 0. The second kappa shape index (κ2) is 6.32. The van der Waals surface area contributed by atoms with Crippen molar-refractivity contribution in [3.63, 3.8) is 0 Å². The van der Waals surface area contributed by atoms with E-state index in [0.29, 0.717) is 0 Å². The van der Waals surface area contributed by atoms with Crippen molar-refractivity contribution in [2.75, 3.05) is 19.6 Å². The zero-order chi connectivity index (χ0) is 11.3. The first-order valence-corrected chi connectivity index (χ1v) is 6.58. The van der Waals surface area contributed by atoms with E-state index >= 15 is 0 Å². The van der Waals surface area contributed by atoms with Crippen molar-refractivity contribution in [1.29, 1.82) is 0 Å². The molecule has 1 atom stereocenters. The number of hydrogen-bond acceptors (Lipinski definition) is 1. The van der Waals surface area contributed by atoms with E-state index in [4.69, 9.17) is 0 Å². The Morgan fingerprint density at radius 3 is 2.53 bits per heavy atom. The molecule has 0 aliphatic carbocycles. The molecule has 0 radical (unpaired) electrons. The first-order chi connectivity index (χ1) is 7.21. The molecule has 0 saturated carbocycles. The fourth-order valence-corrected chi connectivity index (χ4v) is 2.64. The van der Waals surface area contributed by atoms with Gasteiger partial charge in [-0.25, -0.2) is 0 Å². The number of piperidine rings is 1. The third-order valence-corrected chi connectivity index (χ3v) is 3.92. The van der Waals surface area contributed by atoms with Gasteiger partial charge in [0.2, 0.25) is 0 Å². The predicted molar refractivity (Wildman–Crippen MR) is 68.1 cm³/mol. The van der Waals surface area contributed by atoms with Gasteiger partial charge < -0.3 is 4.90 Å². The summed E-state index contributed by atoms with van der Waals surface area (Å²) in [6, 6.07) is 0. The maximum Gasteiger partial charge on any atom is 0.00446 e. The van der Waals surface area contributed by atoms with Crippen LogP contribution in [0.2, 0.25) is 0 Å². The van der Waals surface area contributed by atoms with E-state index < -0.39 is 0 Å². The molecular weight excluding hydrogens is 182 g/mol. The van der Waals surface area contributed by atoms with Crippen LogP contribution in [0.25, 0.3) is 0 Å². The lowest BCUT2D eigenvalue weighted by molar-refractivity contribution is 0.184. The fraction of sp³-hybridized carbons (Fsp3) is 0.857. The maximum absolute atomic E-state index is 2.66. The van der Waals surface area contributed by atoms with Gasteiger partial charge in [-0.05, 0) is 25.2 Å². The molecule has 0 bridgehead atoms. The highest BCUT2D eigenvalue weighted by atomic mass is 15.1. The van der Waals surface area contributed by atoms with Crippen LogP contribution in [0.15, 0.2) is 11.6 Å². The lowest BCUT2D eigenvalue weighted by Crippen LogP contribution is -2.38. The minimum Gasteiger partial charge on any atom is -0.302 e. The Bertz CT molecular complexity index is 203. The van der Waals surface area contributed by atoms with Crippen molar-refractivity contribution >= 4 is 0 Å². The van der Waals surface area contributed by atoms with Gasteiger partial charge in [0.1, 0.15) is 0 Å². The molecule has 0 amide bonds. The molecule has 1 heteroatoms. The lowest BCUT2D eigenvalue weighted by atomic mass is 9.92. The Hall–Kier alpha value is -0.300. The maximum atomic E-state index is 2.66. The van der Waals surface area contributed by atoms with Crippen LogP contribution in [0.5, 0.6) is 0 Å². The van der Waals surface area contributed by atoms with Gasteiger partial charge in [-0.15, -0.1) is 0 Å². The van der Waals surface area contributed by atoms with Gasteiger partial charge in [-0.1, -0.05) is 45.3 Å². The van der Waals surface area contributed by atoms with Gasteiger partial charge >= 0.3 is 0 Å². The first kappa shape index (κ1) is 12.8. The quantitative estimate of drug-likeness (QED) is 0.638. The van der Waals surface area contributed by atoms with Gasteiger partial charge in [0.15, 0.2) is 0 Å². The molecule has 0 spiro atoms. The third-order valence-electron chi connectivity index (χ3n) is 3.92. The number of rotatable bonds is 4. The van der Waals surface area contributed by atoms with E-state index in [-0.39, 0.29) is 0 Å². The van der Waals surface area contributed by atoms with Gasteiger partial charge in [-0.3, -0.25) is 0 Å². The highest BCUT2D eigenvalue weighted by Gasteiger charge is 2.21. The first-order valence-electron chi connectivity index (χ1n) is 6.58. The van der Waals surface area contributed by atoms with Gasteiger partial charge in [-0.2, -0.15) is 0 Å². The molecule has 1 unspecified atom stereocenters. The van der Waals surface area contributed by atoms with Crippen LogP contribution in [-0.4, -0.2) is 24.5 Å². The summed E-state index contributed by atoms with van der Waals surface area (Å²) >= 11 is 0. The van der Waals surface area contributed by atoms with Gasteiger partial charge in [0.25, 0.3) is 0 Å². The number of likely N-dealkylation sites (tertiary alicyclic amines) is 1. The Labute approximate surface area is 95.5 Å². The standard InChI is InChI=1S/C14H27N/c1-5-13(6-2)11-15-9-8-14(7-3)12(4)10-15/h7,12-13H,5-6,8-11H2,1-4H3. The van der Waals surface area contributed by atoms with Crippen molar-refractivity contribution in [1.82, 2.24) is 4.90 Å². The Balaban J connectivity index is 2.40. The van der Waals surface area contributed by atoms with Crippen LogP contribution in [0.3, 0.4) is 0 Å². The highest BCUT2D eigenvalue weighted by molar-refractivity contribution is 5.08. The van der Waals surface area contributed by atoms with Gasteiger partial charge in [0, 0.05) is 19.6 Å². The van der Waals surface area contributed by atoms with Gasteiger partial charge in [0.05, 0.1) is 0 Å².